The fourth-order valence-electron chi connectivity index (χ4n) is 2.41. The Morgan fingerprint density at radius 1 is 0.960 bits per heavy atom. The molecule has 1 atom stereocenters. The van der Waals surface area contributed by atoms with Crippen LogP contribution in [0.5, 0.6) is 5.75 Å². The Morgan fingerprint density at radius 3 is 1.92 bits per heavy atom. The van der Waals surface area contributed by atoms with Gasteiger partial charge >= 0.3 is 12.5 Å². The van der Waals surface area contributed by atoms with Gasteiger partial charge in [0.05, 0.1) is 6.04 Å². The predicted molar refractivity (Wildman–Crippen MR) is 85.7 cm³/mol. The van der Waals surface area contributed by atoms with E-state index >= 15 is 0 Å². The average Bonchev–Trinajstić information content (AvgIpc) is 2.49. The zero-order valence-corrected chi connectivity index (χ0v) is 14.4. The van der Waals surface area contributed by atoms with E-state index in [4.69, 9.17) is 0 Å². The van der Waals surface area contributed by atoms with Crippen LogP contribution >= 0.6 is 24.8 Å². The Labute approximate surface area is 153 Å². The van der Waals surface area contributed by atoms with Crippen LogP contribution in [0.3, 0.4) is 0 Å². The maximum atomic E-state index is 13.3. The van der Waals surface area contributed by atoms with Crippen LogP contribution in [-0.2, 0) is 0 Å². The number of nitrogens with one attached hydrogen (secondary N) is 1. The van der Waals surface area contributed by atoms with E-state index in [-0.39, 0.29) is 30.4 Å². The van der Waals surface area contributed by atoms with Gasteiger partial charge in [0.2, 0.25) is 0 Å². The van der Waals surface area contributed by atoms with Gasteiger partial charge in [0.1, 0.15) is 5.75 Å². The van der Waals surface area contributed by atoms with Gasteiger partial charge in [0.25, 0.3) is 6.43 Å². The summed E-state index contributed by atoms with van der Waals surface area (Å²) in [5.74, 6) is -0.507. The minimum atomic E-state index is -4.62. The van der Waals surface area contributed by atoms with Crippen molar-refractivity contribution >= 4 is 24.8 Å². The molecule has 1 aromatic carbocycles. The van der Waals surface area contributed by atoms with E-state index in [9.17, 15) is 26.3 Å². The van der Waals surface area contributed by atoms with Gasteiger partial charge in [-0.1, -0.05) is 12.1 Å². The van der Waals surface area contributed by atoms with Crippen molar-refractivity contribution < 1.29 is 31.1 Å². The highest BCUT2D eigenvalue weighted by atomic mass is 35.5. The molecule has 0 bridgehead atoms. The van der Waals surface area contributed by atoms with E-state index < -0.39 is 30.8 Å². The molecule has 1 fully saturated rings. The molecule has 146 valence electrons. The fourth-order valence-corrected chi connectivity index (χ4v) is 2.41. The highest BCUT2D eigenvalue weighted by molar-refractivity contribution is 5.85. The molecular weight excluding hydrogens is 397 g/mol. The molecule has 11 heteroatoms. The SMILES string of the molecule is Cl.Cl.FC(F)[C@@H](c1ccc(OC(F)(F)C(F)F)cc1)N1CCNCC1. The van der Waals surface area contributed by atoms with Crippen molar-refractivity contribution in [3.05, 3.63) is 29.8 Å². The molecule has 1 aliphatic rings. The highest BCUT2D eigenvalue weighted by Gasteiger charge is 2.44. The lowest BCUT2D eigenvalue weighted by atomic mass is 10.0. The normalized spacial score (nSPS) is 17.0. The number of hydrogen-bond donors (Lipinski definition) is 1. The molecule has 3 nitrogen and oxygen atoms in total. The Balaban J connectivity index is 0.00000288. The van der Waals surface area contributed by atoms with Crippen LogP contribution in [0.4, 0.5) is 26.3 Å². The number of ether oxygens (including phenoxy) is 1. The van der Waals surface area contributed by atoms with E-state index in [0.29, 0.717) is 26.2 Å². The Hall–Kier alpha value is -0.900. The number of halogens is 8. The molecule has 1 aliphatic heterocycles. The topological polar surface area (TPSA) is 24.5 Å². The van der Waals surface area contributed by atoms with Crippen molar-refractivity contribution in [2.75, 3.05) is 26.2 Å². The summed E-state index contributed by atoms with van der Waals surface area (Å²) in [6.07, 6.45) is -11.3. The summed E-state index contributed by atoms with van der Waals surface area (Å²) in [7, 11) is 0. The van der Waals surface area contributed by atoms with Crippen LogP contribution in [0.15, 0.2) is 24.3 Å². The first-order chi connectivity index (χ1) is 10.8. The summed E-state index contributed by atoms with van der Waals surface area (Å²) >= 11 is 0. The minimum absolute atomic E-state index is 0. The Bertz CT molecular complexity index is 501. The Morgan fingerprint density at radius 2 is 1.48 bits per heavy atom. The van der Waals surface area contributed by atoms with E-state index in [2.05, 4.69) is 10.1 Å². The van der Waals surface area contributed by atoms with Crippen LogP contribution in [0, 0.1) is 0 Å². The second-order valence-corrected chi connectivity index (χ2v) is 5.10. The van der Waals surface area contributed by atoms with Crippen LogP contribution in [-0.4, -0.2) is 50.0 Å². The molecule has 1 aromatic rings. The summed E-state index contributed by atoms with van der Waals surface area (Å²) < 4.78 is 80.3. The molecule has 1 saturated heterocycles. The zero-order valence-electron chi connectivity index (χ0n) is 12.8. The van der Waals surface area contributed by atoms with Gasteiger partial charge in [-0.05, 0) is 17.7 Å². The molecule has 0 saturated carbocycles. The molecule has 0 unspecified atom stereocenters. The second kappa shape index (κ2) is 10.3. The van der Waals surface area contributed by atoms with Crippen molar-refractivity contribution in [2.45, 2.75) is 25.0 Å². The molecule has 2 rings (SSSR count). The number of alkyl halides is 6. The predicted octanol–water partition coefficient (Wildman–Crippen LogP) is 3.98. The molecule has 0 aromatic heterocycles. The first-order valence-corrected chi connectivity index (χ1v) is 6.99. The van der Waals surface area contributed by atoms with Crippen LogP contribution in [0.25, 0.3) is 0 Å². The monoisotopic (exact) mass is 414 g/mol. The number of nitrogens with zero attached hydrogens (tertiary/aromatic N) is 1. The molecule has 0 aliphatic carbocycles. The highest BCUT2D eigenvalue weighted by Crippen LogP contribution is 2.31. The van der Waals surface area contributed by atoms with Crippen molar-refractivity contribution in [2.24, 2.45) is 0 Å². The van der Waals surface area contributed by atoms with Gasteiger partial charge in [0.15, 0.2) is 0 Å². The Kier molecular flexibility index (Phi) is 9.93. The first-order valence-electron chi connectivity index (χ1n) is 6.99. The third kappa shape index (κ3) is 6.40. The number of piperazine rings is 1. The minimum Gasteiger partial charge on any atom is -0.428 e. The number of hydrogen-bond acceptors (Lipinski definition) is 3. The molecule has 0 spiro atoms. The number of rotatable bonds is 6. The molecule has 1 N–H and O–H groups in total. The standard InChI is InChI=1S/C14H16F6N2O.2ClH/c15-12(16)11(22-7-5-21-6-8-22)9-1-3-10(4-2-9)23-14(19,20)13(17)18;;/h1-4,11-13,21H,5-8H2;2*1H/t11-;;/m1../s1. The van der Waals surface area contributed by atoms with Gasteiger partial charge < -0.3 is 10.1 Å². The van der Waals surface area contributed by atoms with Crippen LogP contribution in [0.1, 0.15) is 11.6 Å². The van der Waals surface area contributed by atoms with E-state index in [1.165, 1.54) is 12.1 Å². The first kappa shape index (κ1) is 24.1. The average molecular weight is 415 g/mol. The summed E-state index contributed by atoms with van der Waals surface area (Å²) in [6, 6.07) is 3.18. The fraction of sp³-hybridized carbons (Fsp3) is 0.571. The van der Waals surface area contributed by atoms with E-state index in [0.717, 1.165) is 12.1 Å². The van der Waals surface area contributed by atoms with Gasteiger partial charge in [-0.25, -0.2) is 8.78 Å². The van der Waals surface area contributed by atoms with Crippen molar-refractivity contribution in [3.8, 4) is 5.75 Å². The third-order valence-electron chi connectivity index (χ3n) is 3.51. The third-order valence-corrected chi connectivity index (χ3v) is 3.51. The largest absolute Gasteiger partial charge is 0.461 e. The summed E-state index contributed by atoms with van der Waals surface area (Å²) in [5.41, 5.74) is 0.217. The lowest BCUT2D eigenvalue weighted by molar-refractivity contribution is -0.253. The summed E-state index contributed by atoms with van der Waals surface area (Å²) in [5, 5.41) is 3.04. The molecule has 1 heterocycles. The molecule has 25 heavy (non-hydrogen) atoms. The van der Waals surface area contributed by atoms with Crippen molar-refractivity contribution in [3.63, 3.8) is 0 Å². The van der Waals surface area contributed by atoms with E-state index in [1.807, 2.05) is 0 Å². The van der Waals surface area contributed by atoms with Gasteiger partial charge in [-0.3, -0.25) is 4.90 Å². The lowest BCUT2D eigenvalue weighted by Crippen LogP contribution is -2.46. The van der Waals surface area contributed by atoms with Crippen LogP contribution < -0.4 is 10.1 Å². The summed E-state index contributed by atoms with van der Waals surface area (Å²) in [6.45, 7) is 2.00. The van der Waals surface area contributed by atoms with Crippen molar-refractivity contribution in [1.29, 1.82) is 0 Å². The summed E-state index contributed by atoms with van der Waals surface area (Å²) in [4.78, 5) is 1.59. The molecule has 0 radical (unpaired) electrons. The van der Waals surface area contributed by atoms with Gasteiger partial charge in [-0.15, -0.1) is 24.8 Å². The molecular formula is C14H18Cl2F6N2O. The van der Waals surface area contributed by atoms with Crippen LogP contribution in [0.2, 0.25) is 0 Å². The molecule has 0 amide bonds. The maximum absolute atomic E-state index is 13.3. The zero-order chi connectivity index (χ0) is 17.0. The maximum Gasteiger partial charge on any atom is 0.461 e. The quantitative estimate of drug-likeness (QED) is 0.712. The smallest absolute Gasteiger partial charge is 0.428 e. The lowest BCUT2D eigenvalue weighted by Gasteiger charge is -2.34. The second-order valence-electron chi connectivity index (χ2n) is 5.10. The van der Waals surface area contributed by atoms with Crippen molar-refractivity contribution in [1.82, 2.24) is 10.2 Å². The number of benzene rings is 1. The van der Waals surface area contributed by atoms with Gasteiger partial charge in [0, 0.05) is 26.2 Å². The van der Waals surface area contributed by atoms with Gasteiger partial charge in [-0.2, -0.15) is 17.6 Å². The van der Waals surface area contributed by atoms with E-state index in [1.54, 1.807) is 4.90 Å².